The number of nitrogens with zero attached hydrogens (tertiary/aromatic N) is 5. The van der Waals surface area contributed by atoms with Crippen molar-refractivity contribution in [2.24, 2.45) is 0 Å². The maximum atomic E-state index is 13.0. The van der Waals surface area contributed by atoms with Crippen LogP contribution in [-0.4, -0.2) is 65.6 Å². The minimum absolute atomic E-state index is 0.0569. The number of nitrogen functional groups attached to an aromatic ring is 1. The van der Waals surface area contributed by atoms with Crippen LogP contribution in [0.5, 0.6) is 0 Å². The molecule has 2 fully saturated rings. The van der Waals surface area contributed by atoms with Gasteiger partial charge >= 0.3 is 6.18 Å². The number of piperazine rings is 1. The number of aromatic nitrogens is 2. The zero-order chi connectivity index (χ0) is 22.0. The van der Waals surface area contributed by atoms with Gasteiger partial charge in [0.2, 0.25) is 0 Å². The molecule has 4 rings (SSSR count). The van der Waals surface area contributed by atoms with E-state index in [4.69, 9.17) is 5.73 Å². The first-order valence-corrected chi connectivity index (χ1v) is 11.3. The van der Waals surface area contributed by atoms with E-state index in [9.17, 15) is 13.2 Å². The second kappa shape index (κ2) is 9.30. The molecular weight excluding hydrogens is 473 g/mol. The first-order valence-electron chi connectivity index (χ1n) is 10.5. The van der Waals surface area contributed by atoms with E-state index in [0.717, 1.165) is 57.2 Å². The summed E-state index contributed by atoms with van der Waals surface area (Å²) in [6.07, 6.45) is -0.505. The number of nitrogens with two attached hydrogens (primary N) is 1. The van der Waals surface area contributed by atoms with Gasteiger partial charge in [0.1, 0.15) is 22.4 Å². The molecular formula is C21H26BrF3N6. The predicted molar refractivity (Wildman–Crippen MR) is 118 cm³/mol. The van der Waals surface area contributed by atoms with Crippen LogP contribution in [0.1, 0.15) is 30.0 Å². The highest BCUT2D eigenvalue weighted by Gasteiger charge is 2.32. The van der Waals surface area contributed by atoms with Crippen molar-refractivity contribution in [2.45, 2.75) is 25.1 Å². The van der Waals surface area contributed by atoms with Gasteiger partial charge in [-0.2, -0.15) is 13.2 Å². The summed E-state index contributed by atoms with van der Waals surface area (Å²) in [6.45, 7) is 6.01. The first kappa shape index (κ1) is 22.3. The molecule has 10 heteroatoms. The van der Waals surface area contributed by atoms with Gasteiger partial charge in [-0.3, -0.25) is 4.90 Å². The second-order valence-electron chi connectivity index (χ2n) is 8.06. The number of likely N-dealkylation sites (tertiary alicyclic amines) is 1. The van der Waals surface area contributed by atoms with Crippen LogP contribution < -0.4 is 10.6 Å². The molecule has 2 saturated heterocycles. The van der Waals surface area contributed by atoms with Crippen LogP contribution in [-0.2, 0) is 6.18 Å². The van der Waals surface area contributed by atoms with Crippen molar-refractivity contribution < 1.29 is 13.2 Å². The molecule has 0 amide bonds. The SMILES string of the molecule is Nc1ncnc(N2CCN(C(CN3CCCC3)c3ccc(C(F)(F)F)cc3)CC2)c1Br. The third-order valence-electron chi connectivity index (χ3n) is 6.11. The highest BCUT2D eigenvalue weighted by molar-refractivity contribution is 9.10. The minimum Gasteiger partial charge on any atom is -0.383 e. The molecule has 2 aromatic rings. The lowest BCUT2D eigenvalue weighted by Gasteiger charge is -2.41. The number of hydrogen-bond donors (Lipinski definition) is 1. The van der Waals surface area contributed by atoms with E-state index in [-0.39, 0.29) is 6.04 Å². The summed E-state index contributed by atoms with van der Waals surface area (Å²) in [5.74, 6) is 1.18. The van der Waals surface area contributed by atoms with Crippen molar-refractivity contribution in [3.63, 3.8) is 0 Å². The number of halogens is 4. The number of benzene rings is 1. The van der Waals surface area contributed by atoms with Crippen molar-refractivity contribution >= 4 is 27.6 Å². The Bertz CT molecular complexity index is 878. The topological polar surface area (TPSA) is 61.5 Å². The van der Waals surface area contributed by atoms with E-state index < -0.39 is 11.7 Å². The molecule has 0 radical (unpaired) electrons. The van der Waals surface area contributed by atoms with Crippen LogP contribution in [0.3, 0.4) is 0 Å². The summed E-state index contributed by atoms with van der Waals surface area (Å²) < 4.78 is 39.8. The van der Waals surface area contributed by atoms with Crippen LogP contribution in [0, 0.1) is 0 Å². The summed E-state index contributed by atoms with van der Waals surface area (Å²) >= 11 is 3.47. The Hall–Kier alpha value is -1.91. The average molecular weight is 499 g/mol. The summed E-state index contributed by atoms with van der Waals surface area (Å²) in [6, 6.07) is 5.73. The second-order valence-corrected chi connectivity index (χ2v) is 8.86. The quantitative estimate of drug-likeness (QED) is 0.676. The van der Waals surface area contributed by atoms with Crippen LogP contribution >= 0.6 is 15.9 Å². The molecule has 0 bridgehead atoms. The van der Waals surface area contributed by atoms with E-state index in [1.807, 2.05) is 0 Å². The van der Waals surface area contributed by atoms with Crippen molar-refractivity contribution in [3.05, 3.63) is 46.2 Å². The predicted octanol–water partition coefficient (Wildman–Crippen LogP) is 3.80. The largest absolute Gasteiger partial charge is 0.416 e. The van der Waals surface area contributed by atoms with Gasteiger partial charge < -0.3 is 15.5 Å². The third kappa shape index (κ3) is 5.12. The van der Waals surface area contributed by atoms with Gasteiger partial charge in [-0.25, -0.2) is 9.97 Å². The lowest BCUT2D eigenvalue weighted by atomic mass is 10.0. The van der Waals surface area contributed by atoms with Crippen LogP contribution in [0.4, 0.5) is 24.8 Å². The third-order valence-corrected chi connectivity index (χ3v) is 6.87. The molecule has 2 aliphatic rings. The van der Waals surface area contributed by atoms with Crippen LogP contribution in [0.25, 0.3) is 0 Å². The fourth-order valence-electron chi connectivity index (χ4n) is 4.38. The highest BCUT2D eigenvalue weighted by Crippen LogP contribution is 2.33. The Morgan fingerprint density at radius 3 is 2.23 bits per heavy atom. The van der Waals surface area contributed by atoms with Crippen LogP contribution in [0.15, 0.2) is 35.1 Å². The normalized spacial score (nSPS) is 19.7. The molecule has 1 aromatic heterocycles. The highest BCUT2D eigenvalue weighted by atomic mass is 79.9. The number of anilines is 2. The Morgan fingerprint density at radius 1 is 0.968 bits per heavy atom. The van der Waals surface area contributed by atoms with Gasteiger partial charge in [0, 0.05) is 38.8 Å². The standard InChI is InChI=1S/C21H26BrF3N6/c22-18-19(26)27-14-28-20(18)31-11-9-30(10-12-31)17(13-29-7-1-2-8-29)15-3-5-16(6-4-15)21(23,24)25/h3-6,14,17H,1-2,7-13H2,(H2,26,27,28). The van der Waals surface area contributed by atoms with E-state index in [2.05, 4.69) is 40.6 Å². The smallest absolute Gasteiger partial charge is 0.383 e. The Labute approximate surface area is 188 Å². The molecule has 6 nitrogen and oxygen atoms in total. The average Bonchev–Trinajstić information content (AvgIpc) is 3.27. The van der Waals surface area contributed by atoms with E-state index in [0.29, 0.717) is 10.3 Å². The summed E-state index contributed by atoms with van der Waals surface area (Å²) in [4.78, 5) is 15.3. The van der Waals surface area contributed by atoms with Gasteiger partial charge in [0.25, 0.3) is 0 Å². The maximum absolute atomic E-state index is 13.0. The monoisotopic (exact) mass is 498 g/mol. The molecule has 1 unspecified atom stereocenters. The fourth-order valence-corrected chi connectivity index (χ4v) is 4.83. The molecule has 31 heavy (non-hydrogen) atoms. The van der Waals surface area contributed by atoms with Gasteiger partial charge in [-0.05, 0) is 59.6 Å². The molecule has 0 aliphatic carbocycles. The van der Waals surface area contributed by atoms with E-state index in [1.54, 1.807) is 12.1 Å². The van der Waals surface area contributed by atoms with E-state index >= 15 is 0 Å². The molecule has 2 N–H and O–H groups in total. The summed E-state index contributed by atoms with van der Waals surface area (Å²) in [7, 11) is 0. The zero-order valence-corrected chi connectivity index (χ0v) is 18.7. The first-order chi connectivity index (χ1) is 14.8. The molecule has 1 aromatic carbocycles. The van der Waals surface area contributed by atoms with Crippen molar-refractivity contribution in [3.8, 4) is 0 Å². The Balaban J connectivity index is 1.50. The molecule has 1 atom stereocenters. The number of rotatable bonds is 5. The van der Waals surface area contributed by atoms with Gasteiger partial charge in [-0.15, -0.1) is 0 Å². The molecule has 0 spiro atoms. The minimum atomic E-state index is -4.32. The van der Waals surface area contributed by atoms with Gasteiger partial charge in [-0.1, -0.05) is 12.1 Å². The number of hydrogen-bond acceptors (Lipinski definition) is 6. The van der Waals surface area contributed by atoms with Crippen LogP contribution in [0.2, 0.25) is 0 Å². The van der Waals surface area contributed by atoms with Crippen molar-refractivity contribution in [1.29, 1.82) is 0 Å². The molecule has 2 aliphatic heterocycles. The maximum Gasteiger partial charge on any atom is 0.416 e. The van der Waals surface area contributed by atoms with Gasteiger partial charge in [0.05, 0.1) is 5.56 Å². The summed E-state index contributed by atoms with van der Waals surface area (Å²) in [5, 5.41) is 0. The van der Waals surface area contributed by atoms with Crippen molar-refractivity contribution in [2.75, 3.05) is 56.4 Å². The Morgan fingerprint density at radius 2 is 1.61 bits per heavy atom. The summed E-state index contributed by atoms with van der Waals surface area (Å²) in [5.41, 5.74) is 6.22. The van der Waals surface area contributed by atoms with E-state index in [1.165, 1.54) is 31.3 Å². The lowest BCUT2D eigenvalue weighted by Crippen LogP contribution is -2.50. The molecule has 168 valence electrons. The fraction of sp³-hybridized carbons (Fsp3) is 0.524. The number of alkyl halides is 3. The van der Waals surface area contributed by atoms with Gasteiger partial charge in [0.15, 0.2) is 0 Å². The molecule has 0 saturated carbocycles. The Kier molecular flexibility index (Phi) is 6.68. The molecule has 3 heterocycles. The lowest BCUT2D eigenvalue weighted by molar-refractivity contribution is -0.137. The zero-order valence-electron chi connectivity index (χ0n) is 17.2. The van der Waals surface area contributed by atoms with Crippen molar-refractivity contribution in [1.82, 2.24) is 19.8 Å².